The summed E-state index contributed by atoms with van der Waals surface area (Å²) in [6.07, 6.45) is 3.79. The zero-order valence-corrected chi connectivity index (χ0v) is 13.9. The van der Waals surface area contributed by atoms with Crippen molar-refractivity contribution in [3.8, 4) is 0 Å². The Morgan fingerprint density at radius 1 is 1.17 bits per heavy atom. The molecule has 1 aliphatic rings. The van der Waals surface area contributed by atoms with Crippen molar-refractivity contribution in [1.82, 2.24) is 0 Å². The maximum Gasteiger partial charge on any atom is 0.332 e. The lowest BCUT2D eigenvalue weighted by Gasteiger charge is -2.33. The number of amides is 1. The number of benzene rings is 1. The van der Waals surface area contributed by atoms with E-state index in [4.69, 9.17) is 23.2 Å². The van der Waals surface area contributed by atoms with Crippen molar-refractivity contribution in [2.24, 2.45) is 11.3 Å². The summed E-state index contributed by atoms with van der Waals surface area (Å²) in [5.41, 5.74) is -1.96. The molecule has 0 radical (unpaired) electrons. The third-order valence-corrected chi connectivity index (χ3v) is 4.44. The van der Waals surface area contributed by atoms with Crippen molar-refractivity contribution < 1.29 is 24.6 Å². The van der Waals surface area contributed by atoms with E-state index in [1.165, 1.54) is 37.3 Å². The molecule has 3 N–H and O–H groups in total. The predicted octanol–water partition coefficient (Wildman–Crippen LogP) is 3.22. The summed E-state index contributed by atoms with van der Waals surface area (Å²) in [5, 5.41) is 21.6. The van der Waals surface area contributed by atoms with Crippen LogP contribution in [0.1, 0.15) is 6.92 Å². The fourth-order valence-corrected chi connectivity index (χ4v) is 2.97. The van der Waals surface area contributed by atoms with Gasteiger partial charge < -0.3 is 15.5 Å². The number of carbonyl (C=O) groups is 3. The highest BCUT2D eigenvalue weighted by Crippen LogP contribution is 2.40. The van der Waals surface area contributed by atoms with Crippen molar-refractivity contribution in [1.29, 1.82) is 0 Å². The molecule has 126 valence electrons. The van der Waals surface area contributed by atoms with Gasteiger partial charge in [0.05, 0.1) is 32.6 Å². The Morgan fingerprint density at radius 3 is 2.25 bits per heavy atom. The minimum atomic E-state index is -1.72. The van der Waals surface area contributed by atoms with Gasteiger partial charge in [-0.2, -0.15) is 0 Å². The van der Waals surface area contributed by atoms with Gasteiger partial charge in [0.1, 0.15) is 0 Å². The van der Waals surface area contributed by atoms with Crippen LogP contribution in [0.2, 0.25) is 10.0 Å². The molecule has 2 rings (SSSR count). The number of allylic oxidation sites excluding steroid dienone is 2. The third kappa shape index (κ3) is 3.16. The molecule has 0 aliphatic heterocycles. The molecule has 0 saturated carbocycles. The number of aliphatic carboxylic acids is 2. The number of carboxylic acids is 2. The molecule has 1 aliphatic carbocycles. The highest BCUT2D eigenvalue weighted by atomic mass is 35.5. The summed E-state index contributed by atoms with van der Waals surface area (Å²) in [7, 11) is 0. The van der Waals surface area contributed by atoms with E-state index >= 15 is 0 Å². The third-order valence-electron chi connectivity index (χ3n) is 3.81. The molecule has 0 spiro atoms. The summed E-state index contributed by atoms with van der Waals surface area (Å²) < 4.78 is 0. The Balaban J connectivity index is 2.47. The van der Waals surface area contributed by atoms with E-state index in [1.807, 2.05) is 0 Å². The highest BCUT2D eigenvalue weighted by Gasteiger charge is 2.48. The predicted molar refractivity (Wildman–Crippen MR) is 89.2 cm³/mol. The van der Waals surface area contributed by atoms with Gasteiger partial charge >= 0.3 is 11.9 Å². The van der Waals surface area contributed by atoms with Crippen molar-refractivity contribution in [3.05, 3.63) is 52.0 Å². The second kappa shape index (κ2) is 6.67. The molecule has 8 heteroatoms. The topological polar surface area (TPSA) is 104 Å². The van der Waals surface area contributed by atoms with Crippen molar-refractivity contribution in [2.75, 3.05) is 5.32 Å². The van der Waals surface area contributed by atoms with E-state index in [1.54, 1.807) is 6.07 Å². The summed E-state index contributed by atoms with van der Waals surface area (Å²) >= 11 is 12.0. The molecule has 0 saturated heterocycles. The lowest BCUT2D eigenvalue weighted by molar-refractivity contribution is -0.150. The maximum absolute atomic E-state index is 12.7. The fourth-order valence-electron chi connectivity index (χ4n) is 2.48. The minimum Gasteiger partial charge on any atom is -0.481 e. The van der Waals surface area contributed by atoms with Crippen molar-refractivity contribution in [3.63, 3.8) is 0 Å². The molecular weight excluding hydrogens is 357 g/mol. The van der Waals surface area contributed by atoms with E-state index in [-0.39, 0.29) is 21.3 Å². The van der Waals surface area contributed by atoms with Crippen LogP contribution in [-0.2, 0) is 14.4 Å². The van der Waals surface area contributed by atoms with Crippen LogP contribution in [0.3, 0.4) is 0 Å². The van der Waals surface area contributed by atoms with E-state index in [2.05, 4.69) is 5.32 Å². The number of rotatable bonds is 4. The number of halogens is 2. The van der Waals surface area contributed by atoms with Gasteiger partial charge in [0.15, 0.2) is 0 Å². The molecule has 1 aromatic carbocycles. The van der Waals surface area contributed by atoms with Gasteiger partial charge in [-0.05, 0) is 19.1 Å². The Morgan fingerprint density at radius 2 is 1.75 bits per heavy atom. The Hall–Kier alpha value is -2.31. The zero-order valence-electron chi connectivity index (χ0n) is 12.4. The first-order valence-corrected chi connectivity index (χ1v) is 7.55. The van der Waals surface area contributed by atoms with Crippen LogP contribution in [0.25, 0.3) is 0 Å². The second-order valence-electron chi connectivity index (χ2n) is 5.39. The summed E-state index contributed by atoms with van der Waals surface area (Å²) in [4.78, 5) is 35.8. The van der Waals surface area contributed by atoms with E-state index < -0.39 is 29.2 Å². The quantitative estimate of drug-likeness (QED) is 0.755. The van der Waals surface area contributed by atoms with Crippen LogP contribution >= 0.6 is 23.2 Å². The zero-order chi connectivity index (χ0) is 18.1. The van der Waals surface area contributed by atoms with Crippen LogP contribution < -0.4 is 5.32 Å². The van der Waals surface area contributed by atoms with Crippen LogP contribution in [0.4, 0.5) is 5.69 Å². The molecule has 24 heavy (non-hydrogen) atoms. The number of hydrogen-bond donors (Lipinski definition) is 3. The molecule has 1 aromatic rings. The number of carboxylic acid groups (broad SMARTS) is 2. The lowest BCUT2D eigenvalue weighted by atomic mass is 9.69. The summed E-state index contributed by atoms with van der Waals surface area (Å²) in [6.45, 7) is 1.28. The summed E-state index contributed by atoms with van der Waals surface area (Å²) in [6, 6.07) is 4.57. The molecule has 2 atom stereocenters. The standard InChI is InChI=1S/C16H13Cl2NO5/c1-16(15(23)24)7-3-4-8(14(21)22)11(16)13(20)19-12-9(17)5-2-6-10(12)18/h2-7,11H,1H3,(H,19,20)(H,21,22)(H,23,24)/t11?,16-/m0/s1. The van der Waals surface area contributed by atoms with E-state index in [0.29, 0.717) is 0 Å². The molecule has 1 unspecified atom stereocenters. The second-order valence-corrected chi connectivity index (χ2v) is 6.21. The lowest BCUT2D eigenvalue weighted by Crippen LogP contribution is -2.45. The Bertz CT molecular complexity index is 766. The monoisotopic (exact) mass is 369 g/mol. The van der Waals surface area contributed by atoms with Gasteiger partial charge in [-0.3, -0.25) is 9.59 Å². The molecule has 0 fully saturated rings. The average Bonchev–Trinajstić information content (AvgIpc) is 2.50. The minimum absolute atomic E-state index is 0.0952. The first-order valence-electron chi connectivity index (χ1n) is 6.79. The number of anilines is 1. The molecule has 6 nitrogen and oxygen atoms in total. The normalized spacial score (nSPS) is 22.6. The van der Waals surface area contributed by atoms with Crippen molar-refractivity contribution >= 4 is 46.7 Å². The molecule has 1 amide bonds. The van der Waals surface area contributed by atoms with E-state index in [0.717, 1.165) is 0 Å². The van der Waals surface area contributed by atoms with Gasteiger partial charge in [0.2, 0.25) is 5.91 Å². The number of nitrogens with one attached hydrogen (secondary N) is 1. The number of carbonyl (C=O) groups excluding carboxylic acids is 1. The maximum atomic E-state index is 12.7. The van der Waals surface area contributed by atoms with Gasteiger partial charge in [-0.15, -0.1) is 0 Å². The smallest absolute Gasteiger partial charge is 0.332 e. The Kier molecular flexibility index (Phi) is 5.01. The molecule has 0 aromatic heterocycles. The molecule has 0 bridgehead atoms. The van der Waals surface area contributed by atoms with Gasteiger partial charge in [0.25, 0.3) is 0 Å². The highest BCUT2D eigenvalue weighted by molar-refractivity contribution is 6.39. The van der Waals surface area contributed by atoms with Crippen LogP contribution in [-0.4, -0.2) is 28.1 Å². The first kappa shape index (κ1) is 18.0. The SMILES string of the molecule is C[C@]1(C(=O)O)C=CC=C(C(=O)O)C1C(=O)Nc1c(Cl)cccc1Cl. The van der Waals surface area contributed by atoms with Crippen LogP contribution in [0, 0.1) is 11.3 Å². The molecular formula is C16H13Cl2NO5. The van der Waals surface area contributed by atoms with Crippen LogP contribution in [0.15, 0.2) is 42.0 Å². The fraction of sp³-hybridized carbons (Fsp3) is 0.188. The first-order chi connectivity index (χ1) is 11.2. The molecule has 0 heterocycles. The van der Waals surface area contributed by atoms with Crippen molar-refractivity contribution in [2.45, 2.75) is 6.92 Å². The van der Waals surface area contributed by atoms with Crippen LogP contribution in [0.5, 0.6) is 0 Å². The summed E-state index contributed by atoms with van der Waals surface area (Å²) in [5.74, 6) is -4.98. The van der Waals surface area contributed by atoms with E-state index in [9.17, 15) is 24.6 Å². The van der Waals surface area contributed by atoms with Gasteiger partial charge in [-0.25, -0.2) is 4.79 Å². The average molecular weight is 370 g/mol. The largest absolute Gasteiger partial charge is 0.481 e. The Labute approximate surface area is 147 Å². The van der Waals surface area contributed by atoms with Gasteiger partial charge in [0, 0.05) is 0 Å². The van der Waals surface area contributed by atoms with Gasteiger partial charge in [-0.1, -0.05) is 47.5 Å². The number of para-hydroxylation sites is 1. The number of hydrogen-bond acceptors (Lipinski definition) is 3.